The number of carbonyl (C=O) groups is 2. The molecule has 2 heterocycles. The maximum absolute atomic E-state index is 14.6. The van der Waals surface area contributed by atoms with Crippen LogP contribution in [0.25, 0.3) is 0 Å². The van der Waals surface area contributed by atoms with E-state index in [0.29, 0.717) is 0 Å². The maximum Gasteiger partial charge on any atom is 0.324 e. The normalized spacial score (nSPS) is 23.6. The fourth-order valence-electron chi connectivity index (χ4n) is 8.13. The molecule has 7 rings (SSSR count). The van der Waals surface area contributed by atoms with E-state index in [1.807, 2.05) is 99.6 Å². The summed E-state index contributed by atoms with van der Waals surface area (Å²) in [6.07, 6.45) is -0.520. The van der Waals surface area contributed by atoms with Crippen molar-refractivity contribution in [3.63, 3.8) is 0 Å². The van der Waals surface area contributed by atoms with Crippen LogP contribution in [0.4, 0.5) is 11.4 Å². The molecule has 51 heavy (non-hydrogen) atoms. The molecule has 5 aromatic rings. The van der Waals surface area contributed by atoms with Gasteiger partial charge in [0.25, 0.3) is 0 Å². The second kappa shape index (κ2) is 14.4. The van der Waals surface area contributed by atoms with Gasteiger partial charge in [-0.3, -0.25) is 14.9 Å². The summed E-state index contributed by atoms with van der Waals surface area (Å²) in [4.78, 5) is 33.8. The van der Waals surface area contributed by atoms with Gasteiger partial charge >= 0.3 is 11.9 Å². The number of nitrogens with one attached hydrogen (secondary N) is 1. The number of hydrogen-bond acceptors (Lipinski definition) is 7. The quantitative estimate of drug-likeness (QED) is 0.166. The molecule has 7 nitrogen and oxygen atoms in total. The van der Waals surface area contributed by atoms with Gasteiger partial charge in [-0.1, -0.05) is 127 Å². The number of methoxy groups -OCH3 is 1. The van der Waals surface area contributed by atoms with E-state index < -0.39 is 41.7 Å². The second-order valence-electron chi connectivity index (χ2n) is 14.3. The zero-order chi connectivity index (χ0) is 35.5. The van der Waals surface area contributed by atoms with Gasteiger partial charge in [-0.25, -0.2) is 0 Å². The van der Waals surface area contributed by atoms with Crippen molar-refractivity contribution in [1.82, 2.24) is 5.32 Å². The number of hydrogen-bond donors (Lipinski definition) is 1. The highest BCUT2D eigenvalue weighted by Crippen LogP contribution is 2.56. The Morgan fingerprint density at radius 3 is 1.35 bits per heavy atom. The monoisotopic (exact) mass is 679 g/mol. The lowest BCUT2D eigenvalue weighted by Crippen LogP contribution is -2.54. The van der Waals surface area contributed by atoms with Crippen LogP contribution in [0, 0.1) is 11.8 Å². The van der Waals surface area contributed by atoms with Crippen molar-refractivity contribution in [3.8, 4) is 0 Å². The van der Waals surface area contributed by atoms with E-state index in [1.54, 1.807) is 0 Å². The van der Waals surface area contributed by atoms with Gasteiger partial charge in [0.15, 0.2) is 0 Å². The number of esters is 2. The van der Waals surface area contributed by atoms with Gasteiger partial charge < -0.3 is 19.3 Å². The fourth-order valence-corrected chi connectivity index (χ4v) is 8.13. The average Bonchev–Trinajstić information content (AvgIpc) is 3.73. The first kappa shape index (κ1) is 34.1. The van der Waals surface area contributed by atoms with Gasteiger partial charge in [-0.2, -0.15) is 0 Å². The van der Waals surface area contributed by atoms with Gasteiger partial charge in [-0.15, -0.1) is 0 Å². The molecule has 1 N–H and O–H groups in total. The molecule has 260 valence electrons. The molecule has 0 saturated carbocycles. The van der Waals surface area contributed by atoms with Crippen LogP contribution in [0.3, 0.4) is 0 Å². The van der Waals surface area contributed by atoms with Crippen LogP contribution in [0.2, 0.25) is 0 Å². The van der Waals surface area contributed by atoms with Gasteiger partial charge in [0.05, 0.1) is 25.1 Å². The summed E-state index contributed by atoms with van der Waals surface area (Å²) < 4.78 is 11.8. The number of para-hydroxylation sites is 2. The van der Waals surface area contributed by atoms with Crippen LogP contribution < -0.4 is 15.1 Å². The van der Waals surface area contributed by atoms with Crippen LogP contribution in [-0.2, 0) is 19.1 Å². The van der Waals surface area contributed by atoms with E-state index >= 15 is 0 Å². The molecule has 0 spiro atoms. The van der Waals surface area contributed by atoms with E-state index in [4.69, 9.17) is 9.47 Å². The molecule has 2 aliphatic heterocycles. The first-order chi connectivity index (χ1) is 24.8. The van der Waals surface area contributed by atoms with Crippen LogP contribution in [-0.4, -0.2) is 36.9 Å². The van der Waals surface area contributed by atoms with Crippen LogP contribution in [0.15, 0.2) is 152 Å². The molecular formula is C44H45N3O4. The van der Waals surface area contributed by atoms with Crippen molar-refractivity contribution < 1.29 is 19.1 Å². The Labute approximate surface area is 300 Å². The lowest BCUT2D eigenvalue weighted by Gasteiger charge is -2.42. The van der Waals surface area contributed by atoms with Gasteiger partial charge in [0.1, 0.15) is 17.8 Å². The standard InChI is InChI=1S/C44H45N3O4/c1-44(2,3)51-43(49)38-35(36(42(48)50-4)37(45-38)30-20-10-5-11-21-30)41-46(33-26-16-8-17-27-33)39(31-22-12-6-13-23-31)40(32-24-14-7-15-25-32)47(41)34-28-18-9-19-29-34/h5-29,35-41,45H,1-4H3/t35-,36-,37-,38-,39+,40+/m1/s1. The smallest absolute Gasteiger partial charge is 0.324 e. The third kappa shape index (κ3) is 6.74. The predicted octanol–water partition coefficient (Wildman–Crippen LogP) is 8.28. The van der Waals surface area contributed by atoms with Crippen LogP contribution in [0.1, 0.15) is 55.6 Å². The molecule has 2 aliphatic rings. The van der Waals surface area contributed by atoms with E-state index in [9.17, 15) is 9.59 Å². The van der Waals surface area contributed by atoms with Gasteiger partial charge in [0.2, 0.25) is 0 Å². The number of anilines is 2. The predicted molar refractivity (Wildman–Crippen MR) is 201 cm³/mol. The molecule has 7 heteroatoms. The molecular weight excluding hydrogens is 635 g/mol. The molecule has 0 aliphatic carbocycles. The summed E-state index contributed by atoms with van der Waals surface area (Å²) in [5.41, 5.74) is 4.34. The molecule has 2 fully saturated rings. The zero-order valence-corrected chi connectivity index (χ0v) is 29.5. The fraction of sp³-hybridized carbons (Fsp3) is 0.273. The second-order valence-corrected chi connectivity index (χ2v) is 14.3. The largest absolute Gasteiger partial charge is 0.469 e. The van der Waals surface area contributed by atoms with E-state index in [1.165, 1.54) is 7.11 Å². The van der Waals surface area contributed by atoms with Gasteiger partial charge in [-0.05, 0) is 61.7 Å². The highest BCUT2D eigenvalue weighted by molar-refractivity contribution is 5.83. The minimum atomic E-state index is -0.855. The first-order valence-corrected chi connectivity index (χ1v) is 17.6. The molecule has 2 saturated heterocycles. The molecule has 0 aromatic heterocycles. The molecule has 0 amide bonds. The van der Waals surface area contributed by atoms with Crippen LogP contribution in [0.5, 0.6) is 0 Å². The Hall–Kier alpha value is -5.40. The van der Waals surface area contributed by atoms with E-state index in [2.05, 4.69) is 87.9 Å². The third-order valence-corrected chi connectivity index (χ3v) is 10.0. The Morgan fingerprint density at radius 2 is 0.961 bits per heavy atom. The topological polar surface area (TPSA) is 71.1 Å². The van der Waals surface area contributed by atoms with Gasteiger partial charge in [0, 0.05) is 23.3 Å². The van der Waals surface area contributed by atoms with Crippen molar-refractivity contribution in [2.45, 2.75) is 56.7 Å². The van der Waals surface area contributed by atoms with Crippen molar-refractivity contribution in [3.05, 3.63) is 168 Å². The van der Waals surface area contributed by atoms with Crippen molar-refractivity contribution in [2.75, 3.05) is 16.9 Å². The average molecular weight is 680 g/mol. The Bertz CT molecular complexity index is 1810. The SMILES string of the molecule is COC(=O)[C@@H]1[C@@H](C2N(c3ccccc3)[C@@H](c3ccccc3)[C@H](c3ccccc3)N2c2ccccc2)[C@H](C(=O)OC(C)(C)C)N[C@@H]1c1ccccc1. The Kier molecular flexibility index (Phi) is 9.65. The van der Waals surface area contributed by atoms with Crippen molar-refractivity contribution in [2.24, 2.45) is 11.8 Å². The Balaban J connectivity index is 1.54. The summed E-state index contributed by atoms with van der Waals surface area (Å²) in [6, 6.07) is 49.8. The van der Waals surface area contributed by atoms with Crippen LogP contribution >= 0.6 is 0 Å². The third-order valence-electron chi connectivity index (χ3n) is 10.0. The number of nitrogens with zero attached hydrogens (tertiary/aromatic N) is 2. The summed E-state index contributed by atoms with van der Waals surface area (Å²) >= 11 is 0. The van der Waals surface area contributed by atoms with E-state index in [-0.39, 0.29) is 18.1 Å². The summed E-state index contributed by atoms with van der Waals surface area (Å²) in [5.74, 6) is -2.16. The van der Waals surface area contributed by atoms with Crippen molar-refractivity contribution >= 4 is 23.3 Å². The first-order valence-electron chi connectivity index (χ1n) is 17.6. The molecule has 5 aromatic carbocycles. The highest BCUT2D eigenvalue weighted by atomic mass is 16.6. The maximum atomic E-state index is 14.6. The molecule has 0 bridgehead atoms. The summed E-state index contributed by atoms with van der Waals surface area (Å²) in [5, 5.41) is 3.65. The number of benzene rings is 5. The lowest BCUT2D eigenvalue weighted by atomic mass is 9.81. The minimum absolute atomic E-state index is 0.213. The number of rotatable bonds is 8. The van der Waals surface area contributed by atoms with E-state index in [0.717, 1.165) is 28.1 Å². The lowest BCUT2D eigenvalue weighted by molar-refractivity contribution is -0.159. The zero-order valence-electron chi connectivity index (χ0n) is 29.5. The molecule has 0 radical (unpaired) electrons. The summed E-state index contributed by atoms with van der Waals surface area (Å²) in [6.45, 7) is 5.63. The molecule has 6 atom stereocenters. The number of ether oxygens (including phenoxy) is 2. The highest BCUT2D eigenvalue weighted by Gasteiger charge is 2.62. The van der Waals surface area contributed by atoms with Crippen molar-refractivity contribution in [1.29, 1.82) is 0 Å². The number of carbonyl (C=O) groups excluding carboxylic acids is 2. The molecule has 0 unspecified atom stereocenters. The Morgan fingerprint density at radius 1 is 0.569 bits per heavy atom. The summed E-state index contributed by atoms with van der Waals surface area (Å²) in [7, 11) is 1.43. The minimum Gasteiger partial charge on any atom is -0.469 e.